The molecule has 0 aliphatic heterocycles. The number of hydrazone groups is 1. The first-order valence-electron chi connectivity index (χ1n) is 8.16. The van der Waals surface area contributed by atoms with E-state index in [4.69, 9.17) is 11.6 Å². The van der Waals surface area contributed by atoms with E-state index in [2.05, 4.69) is 15.2 Å². The van der Waals surface area contributed by atoms with Crippen molar-refractivity contribution in [3.8, 4) is 0 Å². The van der Waals surface area contributed by atoms with Crippen LogP contribution >= 0.6 is 11.6 Å². The van der Waals surface area contributed by atoms with Gasteiger partial charge in [0.05, 0.1) is 27.3 Å². The van der Waals surface area contributed by atoms with Gasteiger partial charge in [-0.1, -0.05) is 36.7 Å². The lowest BCUT2D eigenvalue weighted by molar-refractivity contribution is -0.255. The number of sulfonamides is 1. The molecule has 0 atom stereocenters. The van der Waals surface area contributed by atoms with Gasteiger partial charge in [0.15, 0.2) is 0 Å². The number of aromatic carboxylic acids is 1. The second kappa shape index (κ2) is 8.98. The van der Waals surface area contributed by atoms with Gasteiger partial charge in [0.25, 0.3) is 0 Å². The average Bonchev–Trinajstić information content (AvgIpc) is 2.65. The highest BCUT2D eigenvalue weighted by Gasteiger charge is 2.13. The van der Waals surface area contributed by atoms with Crippen molar-refractivity contribution in [3.05, 3.63) is 58.6 Å². The molecule has 0 amide bonds. The highest BCUT2D eigenvalue weighted by molar-refractivity contribution is 7.89. The molecule has 0 aliphatic rings. The molecular weight excluding hydrogens is 390 g/mol. The normalized spacial score (nSPS) is 12.0. The molecule has 7 nitrogen and oxygen atoms in total. The van der Waals surface area contributed by atoms with Crippen LogP contribution in [0.3, 0.4) is 0 Å². The fourth-order valence-corrected chi connectivity index (χ4v) is 3.44. The molecular formula is C18H19ClN3O4S-. The minimum atomic E-state index is -3.52. The summed E-state index contributed by atoms with van der Waals surface area (Å²) in [6, 6.07) is 10.4. The first-order valence-corrected chi connectivity index (χ1v) is 10.0. The quantitative estimate of drug-likeness (QED) is 0.514. The molecule has 2 N–H and O–H groups in total. The van der Waals surface area contributed by atoms with Gasteiger partial charge in [-0.2, -0.15) is 5.10 Å². The Morgan fingerprint density at radius 1 is 1.15 bits per heavy atom. The van der Waals surface area contributed by atoms with Crippen molar-refractivity contribution in [1.29, 1.82) is 0 Å². The Balaban J connectivity index is 2.17. The molecule has 9 heteroatoms. The Labute approximate surface area is 163 Å². The lowest BCUT2D eigenvalue weighted by Crippen LogP contribution is -2.24. The van der Waals surface area contributed by atoms with Gasteiger partial charge in [-0.25, -0.2) is 13.1 Å². The number of nitrogens with one attached hydrogen (secondary N) is 2. The zero-order chi connectivity index (χ0) is 20.0. The van der Waals surface area contributed by atoms with Crippen LogP contribution in [0.15, 0.2) is 52.5 Å². The maximum absolute atomic E-state index is 12.1. The van der Waals surface area contributed by atoms with Crippen molar-refractivity contribution in [1.82, 2.24) is 4.72 Å². The van der Waals surface area contributed by atoms with Gasteiger partial charge in [0.1, 0.15) is 0 Å². The second-order valence-corrected chi connectivity index (χ2v) is 7.89. The second-order valence-electron chi connectivity index (χ2n) is 5.71. The van der Waals surface area contributed by atoms with Crippen LogP contribution in [0.25, 0.3) is 0 Å². The summed E-state index contributed by atoms with van der Waals surface area (Å²) in [5.74, 6) is -1.32. The fraction of sp³-hybridized carbons (Fsp3) is 0.222. The first-order chi connectivity index (χ1) is 12.7. The van der Waals surface area contributed by atoms with Crippen LogP contribution in [0.4, 0.5) is 5.69 Å². The van der Waals surface area contributed by atoms with Gasteiger partial charge in [-0.05, 0) is 48.7 Å². The van der Waals surface area contributed by atoms with E-state index in [-0.39, 0.29) is 10.5 Å². The summed E-state index contributed by atoms with van der Waals surface area (Å²) in [5, 5.41) is 15.4. The zero-order valence-corrected chi connectivity index (χ0v) is 16.4. The van der Waals surface area contributed by atoms with Gasteiger partial charge in [-0.3, -0.25) is 5.43 Å². The summed E-state index contributed by atoms with van der Waals surface area (Å²) < 4.78 is 26.7. The fourth-order valence-electron chi connectivity index (χ4n) is 2.14. The van der Waals surface area contributed by atoms with E-state index in [0.717, 1.165) is 0 Å². The van der Waals surface area contributed by atoms with Gasteiger partial charge in [0, 0.05) is 6.54 Å². The highest BCUT2D eigenvalue weighted by atomic mass is 35.5. The highest BCUT2D eigenvalue weighted by Crippen LogP contribution is 2.23. The molecule has 0 bridgehead atoms. The van der Waals surface area contributed by atoms with Crippen LogP contribution in [0, 0.1) is 0 Å². The molecule has 27 heavy (non-hydrogen) atoms. The lowest BCUT2D eigenvalue weighted by atomic mass is 10.1. The third-order valence-corrected chi connectivity index (χ3v) is 5.48. The number of halogens is 1. The Morgan fingerprint density at radius 3 is 2.37 bits per heavy atom. The summed E-state index contributed by atoms with van der Waals surface area (Å²) in [6.45, 7) is 3.98. The van der Waals surface area contributed by atoms with Crippen LogP contribution in [-0.2, 0) is 10.0 Å². The molecule has 0 aliphatic carbocycles. The Morgan fingerprint density at radius 2 is 1.78 bits per heavy atom. The third kappa shape index (κ3) is 5.53. The van der Waals surface area contributed by atoms with Gasteiger partial charge in [0.2, 0.25) is 10.0 Å². The van der Waals surface area contributed by atoms with E-state index < -0.39 is 16.0 Å². The molecule has 2 aromatic rings. The van der Waals surface area contributed by atoms with Crippen molar-refractivity contribution < 1.29 is 18.3 Å². The number of anilines is 1. The first kappa shape index (κ1) is 20.9. The average molecular weight is 409 g/mol. The van der Waals surface area contributed by atoms with Crippen LogP contribution in [0.2, 0.25) is 5.02 Å². The summed E-state index contributed by atoms with van der Waals surface area (Å²) in [7, 11) is -3.52. The number of carboxylic acids is 1. The lowest BCUT2D eigenvalue weighted by Gasteiger charge is -2.09. The van der Waals surface area contributed by atoms with Gasteiger partial charge >= 0.3 is 0 Å². The predicted octanol–water partition coefficient (Wildman–Crippen LogP) is 2.23. The molecule has 0 aromatic heterocycles. The Kier molecular flexibility index (Phi) is 6.95. The molecule has 0 radical (unpaired) electrons. The molecule has 0 fully saturated rings. The number of carbonyl (C=O) groups is 1. The number of benzene rings is 2. The molecule has 0 heterocycles. The molecule has 0 spiro atoms. The Hall–Kier alpha value is -2.42. The molecule has 2 aromatic carbocycles. The van der Waals surface area contributed by atoms with Crippen LogP contribution in [0.5, 0.6) is 0 Å². The van der Waals surface area contributed by atoms with Crippen molar-refractivity contribution in [2.75, 3.05) is 12.0 Å². The monoisotopic (exact) mass is 408 g/mol. The minimum absolute atomic E-state index is 0.0242. The number of hydrogen-bond acceptors (Lipinski definition) is 6. The number of carboxylic acid groups (broad SMARTS) is 1. The Bertz CT molecular complexity index is 957. The number of nitrogens with zero attached hydrogens (tertiary/aromatic N) is 1. The largest absolute Gasteiger partial charge is 0.545 e. The number of carbonyl (C=O) groups excluding carboxylic acids is 1. The standard InChI is InChI=1S/C18H20ClN3O4S/c1-3-10-20-27(25,26)15-7-4-13(5-8-15)12(2)21-22-17-11-14(18(23)24)6-9-16(17)19/h4-9,11,20,22H,3,10H2,1-2H3,(H,23,24)/p-1/b21-12-. The van der Waals surface area contributed by atoms with Gasteiger partial charge < -0.3 is 9.90 Å². The maximum atomic E-state index is 12.1. The topological polar surface area (TPSA) is 111 Å². The smallest absolute Gasteiger partial charge is 0.240 e. The summed E-state index contributed by atoms with van der Waals surface area (Å²) in [6.07, 6.45) is 0.705. The van der Waals surface area contributed by atoms with E-state index in [9.17, 15) is 18.3 Å². The van der Waals surface area contributed by atoms with Crippen LogP contribution in [0.1, 0.15) is 36.2 Å². The third-order valence-electron chi connectivity index (χ3n) is 3.67. The molecule has 0 saturated heterocycles. The zero-order valence-electron chi connectivity index (χ0n) is 14.8. The SMILES string of the molecule is CCCNS(=O)(=O)c1ccc(/C(C)=N\Nc2cc(C(=O)[O-])ccc2Cl)cc1. The maximum Gasteiger partial charge on any atom is 0.240 e. The molecule has 144 valence electrons. The van der Waals surface area contributed by atoms with Gasteiger partial charge in [-0.15, -0.1) is 0 Å². The summed E-state index contributed by atoms with van der Waals surface area (Å²) >= 11 is 6.02. The van der Waals surface area contributed by atoms with E-state index in [1.165, 1.54) is 30.3 Å². The summed E-state index contributed by atoms with van der Waals surface area (Å²) in [5.41, 5.74) is 4.27. The van der Waals surface area contributed by atoms with E-state index >= 15 is 0 Å². The van der Waals surface area contributed by atoms with E-state index in [1.54, 1.807) is 19.1 Å². The van der Waals surface area contributed by atoms with Crippen LogP contribution in [-0.4, -0.2) is 26.6 Å². The van der Waals surface area contributed by atoms with E-state index in [0.29, 0.717) is 35.0 Å². The number of hydrogen-bond donors (Lipinski definition) is 2. The van der Waals surface area contributed by atoms with Crippen molar-refractivity contribution in [2.45, 2.75) is 25.2 Å². The van der Waals surface area contributed by atoms with Crippen molar-refractivity contribution in [2.24, 2.45) is 5.10 Å². The molecule has 0 saturated carbocycles. The van der Waals surface area contributed by atoms with Crippen LogP contribution < -0.4 is 15.3 Å². The van der Waals surface area contributed by atoms with Crippen molar-refractivity contribution >= 4 is 39.0 Å². The minimum Gasteiger partial charge on any atom is -0.545 e. The van der Waals surface area contributed by atoms with E-state index in [1.807, 2.05) is 6.92 Å². The summed E-state index contributed by atoms with van der Waals surface area (Å²) in [4.78, 5) is 11.1. The number of rotatable bonds is 8. The molecule has 2 rings (SSSR count). The predicted molar refractivity (Wildman–Crippen MR) is 104 cm³/mol. The molecule has 0 unspecified atom stereocenters. The van der Waals surface area contributed by atoms with Crippen molar-refractivity contribution in [3.63, 3.8) is 0 Å².